The lowest BCUT2D eigenvalue weighted by atomic mass is 10.2. The molecule has 0 saturated carbocycles. The van der Waals surface area contributed by atoms with E-state index in [4.69, 9.17) is 11.6 Å². The van der Waals surface area contributed by atoms with Crippen LogP contribution in [-0.4, -0.2) is 22.4 Å². The molecule has 0 atom stereocenters. The van der Waals surface area contributed by atoms with Crippen LogP contribution in [0.4, 0.5) is 5.82 Å². The Labute approximate surface area is 96.3 Å². The first-order valence-electron chi connectivity index (χ1n) is 5.29. The van der Waals surface area contributed by atoms with Crippen LogP contribution in [0, 0.1) is 6.92 Å². The van der Waals surface area contributed by atoms with E-state index in [9.17, 15) is 0 Å². The topological polar surface area (TPSA) is 37.8 Å². The van der Waals surface area contributed by atoms with Gasteiger partial charge < -0.3 is 5.32 Å². The third-order valence-corrected chi connectivity index (χ3v) is 2.27. The lowest BCUT2D eigenvalue weighted by molar-refractivity contribution is 0.766. The van der Waals surface area contributed by atoms with Crippen LogP contribution in [0.2, 0.25) is 0 Å². The molecule has 1 rings (SSSR count). The highest BCUT2D eigenvalue weighted by atomic mass is 35.5. The van der Waals surface area contributed by atoms with E-state index in [0.717, 1.165) is 30.3 Å². The highest BCUT2D eigenvalue weighted by Gasteiger charge is 2.05. The van der Waals surface area contributed by atoms with Crippen LogP contribution in [0.5, 0.6) is 0 Å². The van der Waals surface area contributed by atoms with Gasteiger partial charge in [0.1, 0.15) is 11.6 Å². The average Bonchev–Trinajstić information content (AvgIpc) is 2.17. The van der Waals surface area contributed by atoms with Crippen molar-refractivity contribution >= 4 is 17.4 Å². The average molecular weight is 228 g/mol. The van der Waals surface area contributed by atoms with Crippen molar-refractivity contribution in [3.8, 4) is 0 Å². The number of aryl methyl sites for hydroxylation is 1. The summed E-state index contributed by atoms with van der Waals surface area (Å²) in [6.45, 7) is 7.03. The van der Waals surface area contributed by atoms with Crippen LogP contribution in [0.25, 0.3) is 0 Å². The maximum absolute atomic E-state index is 5.61. The summed E-state index contributed by atoms with van der Waals surface area (Å²) in [4.78, 5) is 8.82. The van der Waals surface area contributed by atoms with Crippen molar-refractivity contribution in [3.05, 3.63) is 17.6 Å². The monoisotopic (exact) mass is 227 g/mol. The van der Waals surface area contributed by atoms with E-state index in [1.165, 1.54) is 0 Å². The van der Waals surface area contributed by atoms with Crippen molar-refractivity contribution in [1.29, 1.82) is 0 Å². The van der Waals surface area contributed by atoms with Gasteiger partial charge in [0, 0.05) is 30.1 Å². The lowest BCUT2D eigenvalue weighted by Gasteiger charge is -2.09. The standard InChI is InChI=1S/C11H18ClN3/c1-8(2)11-14-9(3)7-10(15-11)13-6-4-5-12/h7-8H,4-6H2,1-3H3,(H,13,14,15). The first-order valence-corrected chi connectivity index (χ1v) is 5.82. The first kappa shape index (κ1) is 12.2. The first-order chi connectivity index (χ1) is 7.13. The zero-order valence-electron chi connectivity index (χ0n) is 9.55. The van der Waals surface area contributed by atoms with Gasteiger partial charge in [-0.05, 0) is 13.3 Å². The van der Waals surface area contributed by atoms with E-state index in [1.54, 1.807) is 0 Å². The van der Waals surface area contributed by atoms with Crippen LogP contribution < -0.4 is 5.32 Å². The molecule has 4 heteroatoms. The zero-order valence-corrected chi connectivity index (χ0v) is 10.3. The number of anilines is 1. The number of hydrogen-bond acceptors (Lipinski definition) is 3. The molecule has 1 aromatic rings. The number of nitrogens with zero attached hydrogens (tertiary/aromatic N) is 2. The molecule has 0 aliphatic rings. The SMILES string of the molecule is Cc1cc(NCCCCl)nc(C(C)C)n1. The lowest BCUT2D eigenvalue weighted by Crippen LogP contribution is -2.08. The smallest absolute Gasteiger partial charge is 0.133 e. The molecule has 0 spiro atoms. The highest BCUT2D eigenvalue weighted by molar-refractivity contribution is 6.17. The molecule has 0 aromatic carbocycles. The van der Waals surface area contributed by atoms with Crippen LogP contribution in [0.1, 0.15) is 37.7 Å². The predicted octanol–water partition coefficient (Wildman–Crippen LogP) is 2.95. The Kier molecular flexibility index (Phi) is 4.82. The summed E-state index contributed by atoms with van der Waals surface area (Å²) < 4.78 is 0. The number of halogens is 1. The maximum atomic E-state index is 5.61. The van der Waals surface area contributed by atoms with E-state index < -0.39 is 0 Å². The van der Waals surface area contributed by atoms with Gasteiger partial charge in [0.05, 0.1) is 0 Å². The summed E-state index contributed by atoms with van der Waals surface area (Å²) in [5.74, 6) is 2.83. The van der Waals surface area contributed by atoms with Crippen molar-refractivity contribution in [1.82, 2.24) is 9.97 Å². The van der Waals surface area contributed by atoms with Gasteiger partial charge in [-0.3, -0.25) is 0 Å². The molecule has 0 fully saturated rings. The third-order valence-electron chi connectivity index (χ3n) is 2.00. The van der Waals surface area contributed by atoms with Gasteiger partial charge in [-0.25, -0.2) is 9.97 Å². The van der Waals surface area contributed by atoms with E-state index in [1.807, 2.05) is 13.0 Å². The number of hydrogen-bond donors (Lipinski definition) is 1. The van der Waals surface area contributed by atoms with Gasteiger partial charge in [0.25, 0.3) is 0 Å². The molecule has 3 nitrogen and oxygen atoms in total. The molecule has 0 unspecified atom stereocenters. The molecule has 0 radical (unpaired) electrons. The van der Waals surface area contributed by atoms with Crippen molar-refractivity contribution in [2.75, 3.05) is 17.7 Å². The van der Waals surface area contributed by atoms with E-state index in [2.05, 4.69) is 29.1 Å². The molecule has 0 amide bonds. The fraction of sp³-hybridized carbons (Fsp3) is 0.636. The van der Waals surface area contributed by atoms with E-state index in [-0.39, 0.29) is 0 Å². The number of alkyl halides is 1. The largest absolute Gasteiger partial charge is 0.370 e. The van der Waals surface area contributed by atoms with Gasteiger partial charge in [-0.2, -0.15) is 0 Å². The van der Waals surface area contributed by atoms with Crippen molar-refractivity contribution < 1.29 is 0 Å². The fourth-order valence-electron chi connectivity index (χ4n) is 1.22. The molecule has 0 aliphatic heterocycles. The fourth-order valence-corrected chi connectivity index (χ4v) is 1.36. The second kappa shape index (κ2) is 5.91. The molecule has 0 bridgehead atoms. The van der Waals surface area contributed by atoms with Gasteiger partial charge in [0.15, 0.2) is 0 Å². The zero-order chi connectivity index (χ0) is 11.3. The van der Waals surface area contributed by atoms with Crippen molar-refractivity contribution in [2.45, 2.75) is 33.1 Å². The van der Waals surface area contributed by atoms with Gasteiger partial charge in [-0.1, -0.05) is 13.8 Å². The summed E-state index contributed by atoms with van der Waals surface area (Å²) in [7, 11) is 0. The molecule has 1 aromatic heterocycles. The molecule has 0 aliphatic carbocycles. The molecular weight excluding hydrogens is 210 g/mol. The molecule has 15 heavy (non-hydrogen) atoms. The van der Waals surface area contributed by atoms with Gasteiger partial charge in [-0.15, -0.1) is 11.6 Å². The Balaban J connectivity index is 2.71. The van der Waals surface area contributed by atoms with Gasteiger partial charge >= 0.3 is 0 Å². The summed E-state index contributed by atoms with van der Waals surface area (Å²) in [5.41, 5.74) is 1.00. The number of rotatable bonds is 5. The van der Waals surface area contributed by atoms with E-state index in [0.29, 0.717) is 11.8 Å². The van der Waals surface area contributed by atoms with E-state index >= 15 is 0 Å². The normalized spacial score (nSPS) is 10.7. The van der Waals surface area contributed by atoms with Crippen molar-refractivity contribution in [2.24, 2.45) is 0 Å². The van der Waals surface area contributed by atoms with Crippen LogP contribution >= 0.6 is 11.6 Å². The highest BCUT2D eigenvalue weighted by Crippen LogP contribution is 2.13. The Morgan fingerprint density at radius 3 is 2.73 bits per heavy atom. The Hall–Kier alpha value is -0.830. The summed E-state index contributed by atoms with van der Waals surface area (Å²) in [5, 5.41) is 3.25. The second-order valence-electron chi connectivity index (χ2n) is 3.88. The quantitative estimate of drug-likeness (QED) is 0.621. The summed E-state index contributed by atoms with van der Waals surface area (Å²) >= 11 is 5.61. The third kappa shape index (κ3) is 4.04. The number of nitrogens with one attached hydrogen (secondary N) is 1. The molecule has 84 valence electrons. The Morgan fingerprint density at radius 2 is 2.13 bits per heavy atom. The number of aromatic nitrogens is 2. The van der Waals surface area contributed by atoms with Crippen LogP contribution in [-0.2, 0) is 0 Å². The summed E-state index contributed by atoms with van der Waals surface area (Å²) in [6, 6.07) is 1.96. The maximum Gasteiger partial charge on any atom is 0.133 e. The predicted molar refractivity (Wildman–Crippen MR) is 64.7 cm³/mol. The Bertz CT molecular complexity index is 313. The minimum Gasteiger partial charge on any atom is -0.370 e. The van der Waals surface area contributed by atoms with Crippen LogP contribution in [0.3, 0.4) is 0 Å². The van der Waals surface area contributed by atoms with Gasteiger partial charge in [0.2, 0.25) is 0 Å². The van der Waals surface area contributed by atoms with Crippen LogP contribution in [0.15, 0.2) is 6.07 Å². The molecule has 1 N–H and O–H groups in total. The molecule has 1 heterocycles. The summed E-state index contributed by atoms with van der Waals surface area (Å²) in [6.07, 6.45) is 0.946. The van der Waals surface area contributed by atoms with Crippen molar-refractivity contribution in [3.63, 3.8) is 0 Å². The molecule has 0 saturated heterocycles. The minimum atomic E-state index is 0.360. The molecular formula is C11H18ClN3. The Morgan fingerprint density at radius 1 is 1.40 bits per heavy atom. The second-order valence-corrected chi connectivity index (χ2v) is 4.25. The minimum absolute atomic E-state index is 0.360.